The molecule has 0 aliphatic rings. The topological polar surface area (TPSA) is 91.7 Å². The zero-order valence-corrected chi connectivity index (χ0v) is 18.7. The van der Waals surface area contributed by atoms with Crippen LogP contribution in [0.5, 0.6) is 0 Å². The minimum atomic E-state index is -3.97. The maximum absolute atomic E-state index is 13.3. The van der Waals surface area contributed by atoms with Crippen LogP contribution in [0, 0.1) is 6.92 Å². The van der Waals surface area contributed by atoms with Crippen LogP contribution in [0.1, 0.15) is 11.3 Å². The fourth-order valence-corrected chi connectivity index (χ4v) is 4.52. The molecule has 7 nitrogen and oxygen atoms in total. The van der Waals surface area contributed by atoms with Crippen molar-refractivity contribution in [3.63, 3.8) is 0 Å². The lowest BCUT2D eigenvalue weighted by Crippen LogP contribution is -2.39. The fourth-order valence-electron chi connectivity index (χ4n) is 2.69. The second-order valence-corrected chi connectivity index (χ2v) is 9.31. The Kier molecular flexibility index (Phi) is 7.43. The molecule has 0 radical (unpaired) electrons. The van der Waals surface area contributed by atoms with Gasteiger partial charge >= 0.3 is 0 Å². The molecule has 0 saturated heterocycles. The summed E-state index contributed by atoms with van der Waals surface area (Å²) in [5, 5.41) is 3.87. The van der Waals surface area contributed by atoms with Gasteiger partial charge in [0.25, 0.3) is 15.9 Å². The average molecular weight is 455 g/mol. The number of nitrogens with one attached hydrogen (secondary N) is 1. The van der Waals surface area contributed by atoms with Gasteiger partial charge in [0.15, 0.2) is 0 Å². The Balaban J connectivity index is 1.84. The van der Waals surface area contributed by atoms with Crippen LogP contribution in [-0.4, -0.2) is 38.3 Å². The first-order valence-electron chi connectivity index (χ1n) is 9.36. The monoisotopic (exact) mass is 454 g/mol. The highest BCUT2D eigenvalue weighted by atomic mass is 32.2. The van der Waals surface area contributed by atoms with Gasteiger partial charge in [-0.3, -0.25) is 14.1 Å². The van der Waals surface area contributed by atoms with Crippen molar-refractivity contribution in [1.29, 1.82) is 0 Å². The molecule has 1 amide bonds. The molecule has 160 valence electrons. The molecule has 9 heteroatoms. The minimum Gasteiger partial charge on any atom is -0.271 e. The number of thioether (sulfide) groups is 1. The number of carbonyl (C=O) groups excluding carboxylic acids is 1. The first kappa shape index (κ1) is 22.5. The van der Waals surface area contributed by atoms with Crippen LogP contribution in [-0.2, 0) is 14.8 Å². The first-order valence-corrected chi connectivity index (χ1v) is 12.0. The molecule has 0 atom stereocenters. The summed E-state index contributed by atoms with van der Waals surface area (Å²) in [5.41, 5.74) is 4.31. The zero-order valence-electron chi connectivity index (χ0n) is 17.1. The van der Waals surface area contributed by atoms with Crippen LogP contribution >= 0.6 is 11.8 Å². The van der Waals surface area contributed by atoms with Gasteiger partial charge in [-0.15, -0.1) is 11.8 Å². The highest BCUT2D eigenvalue weighted by Crippen LogP contribution is 2.25. The lowest BCUT2D eigenvalue weighted by atomic mass is 10.2. The summed E-state index contributed by atoms with van der Waals surface area (Å²) in [6.07, 6.45) is 4.92. The van der Waals surface area contributed by atoms with E-state index >= 15 is 0 Å². The molecule has 2 aromatic carbocycles. The second-order valence-electron chi connectivity index (χ2n) is 6.57. The molecule has 0 aliphatic carbocycles. The van der Waals surface area contributed by atoms with Crippen molar-refractivity contribution in [2.75, 3.05) is 17.1 Å². The SMILES string of the molecule is CSc1ccc(S(=O)(=O)N(CC(=O)N/N=C\c2ccccn2)c2ccc(C)cc2)cc1. The molecular weight excluding hydrogens is 432 g/mol. The third-order valence-electron chi connectivity index (χ3n) is 4.33. The van der Waals surface area contributed by atoms with E-state index in [1.165, 1.54) is 18.0 Å². The standard InChI is InChI=1S/C22H22N4O3S2/c1-17-6-8-19(9-7-17)26(31(28,29)21-12-10-20(30-2)11-13-21)16-22(27)25-24-15-18-5-3-4-14-23-18/h3-15H,16H2,1-2H3,(H,25,27)/b24-15-. The number of benzene rings is 2. The predicted octanol–water partition coefficient (Wildman–Crippen LogP) is 3.46. The number of amides is 1. The molecule has 3 aromatic rings. The number of hydrogen-bond donors (Lipinski definition) is 1. The third-order valence-corrected chi connectivity index (χ3v) is 6.86. The van der Waals surface area contributed by atoms with E-state index in [1.807, 2.05) is 13.2 Å². The lowest BCUT2D eigenvalue weighted by molar-refractivity contribution is -0.119. The van der Waals surface area contributed by atoms with Gasteiger partial charge in [0.2, 0.25) is 0 Å². The van der Waals surface area contributed by atoms with Crippen LogP contribution in [0.2, 0.25) is 0 Å². The summed E-state index contributed by atoms with van der Waals surface area (Å²) < 4.78 is 27.8. The number of carbonyl (C=O) groups is 1. The van der Waals surface area contributed by atoms with Crippen LogP contribution < -0.4 is 9.73 Å². The summed E-state index contributed by atoms with van der Waals surface area (Å²) >= 11 is 1.52. The van der Waals surface area contributed by atoms with Gasteiger partial charge < -0.3 is 0 Å². The molecule has 0 spiro atoms. The van der Waals surface area contributed by atoms with Crippen molar-refractivity contribution >= 4 is 39.6 Å². The van der Waals surface area contributed by atoms with E-state index in [2.05, 4.69) is 15.5 Å². The highest BCUT2D eigenvalue weighted by molar-refractivity contribution is 7.98. The number of aryl methyl sites for hydroxylation is 1. The maximum atomic E-state index is 13.3. The lowest BCUT2D eigenvalue weighted by Gasteiger charge is -2.24. The van der Waals surface area contributed by atoms with Gasteiger partial charge in [-0.05, 0) is 61.7 Å². The number of hydrogen-bond acceptors (Lipinski definition) is 6. The van der Waals surface area contributed by atoms with Gasteiger partial charge in [0.1, 0.15) is 6.54 Å². The van der Waals surface area contributed by atoms with E-state index in [4.69, 9.17) is 0 Å². The Bertz CT molecular complexity index is 1150. The molecule has 0 aliphatic heterocycles. The van der Waals surface area contributed by atoms with Crippen LogP contribution in [0.25, 0.3) is 0 Å². The van der Waals surface area contributed by atoms with Gasteiger partial charge in [-0.1, -0.05) is 23.8 Å². The van der Waals surface area contributed by atoms with Crippen LogP contribution in [0.15, 0.2) is 87.8 Å². The summed E-state index contributed by atoms with van der Waals surface area (Å²) in [5.74, 6) is -0.572. The summed E-state index contributed by atoms with van der Waals surface area (Å²) in [7, 11) is -3.97. The number of hydrazone groups is 1. The quantitative estimate of drug-likeness (QED) is 0.320. The van der Waals surface area contributed by atoms with Crippen molar-refractivity contribution in [2.24, 2.45) is 5.10 Å². The fraction of sp³-hybridized carbons (Fsp3) is 0.136. The molecule has 0 unspecified atom stereocenters. The average Bonchev–Trinajstić information content (AvgIpc) is 2.79. The molecule has 0 fully saturated rings. The minimum absolute atomic E-state index is 0.107. The van der Waals surface area contributed by atoms with Gasteiger partial charge in [0.05, 0.1) is 22.5 Å². The van der Waals surface area contributed by atoms with Gasteiger partial charge in [-0.2, -0.15) is 5.10 Å². The number of aromatic nitrogens is 1. The molecule has 0 bridgehead atoms. The van der Waals surface area contributed by atoms with Crippen molar-refractivity contribution in [3.05, 3.63) is 84.2 Å². The van der Waals surface area contributed by atoms with E-state index in [0.29, 0.717) is 11.4 Å². The Morgan fingerprint density at radius 1 is 1.10 bits per heavy atom. The van der Waals surface area contributed by atoms with E-state index in [1.54, 1.807) is 72.9 Å². The molecule has 0 saturated carbocycles. The summed E-state index contributed by atoms with van der Waals surface area (Å²) in [6.45, 7) is 1.48. The molecule has 31 heavy (non-hydrogen) atoms. The Labute approximate surface area is 186 Å². The maximum Gasteiger partial charge on any atom is 0.264 e. The molecule has 3 rings (SSSR count). The Morgan fingerprint density at radius 2 is 1.81 bits per heavy atom. The van der Waals surface area contributed by atoms with Crippen molar-refractivity contribution in [1.82, 2.24) is 10.4 Å². The third kappa shape index (κ3) is 5.93. The zero-order chi connectivity index (χ0) is 22.3. The molecule has 1 aromatic heterocycles. The van der Waals surface area contributed by atoms with Crippen molar-refractivity contribution < 1.29 is 13.2 Å². The number of rotatable bonds is 8. The van der Waals surface area contributed by atoms with E-state index < -0.39 is 22.5 Å². The highest BCUT2D eigenvalue weighted by Gasteiger charge is 2.27. The van der Waals surface area contributed by atoms with E-state index in [9.17, 15) is 13.2 Å². The largest absolute Gasteiger partial charge is 0.271 e. The Morgan fingerprint density at radius 3 is 2.42 bits per heavy atom. The molecule has 1 heterocycles. The predicted molar refractivity (Wildman–Crippen MR) is 124 cm³/mol. The smallest absolute Gasteiger partial charge is 0.264 e. The second kappa shape index (κ2) is 10.2. The Hall–Kier alpha value is -3.17. The normalized spacial score (nSPS) is 11.4. The van der Waals surface area contributed by atoms with Crippen molar-refractivity contribution in [2.45, 2.75) is 16.7 Å². The van der Waals surface area contributed by atoms with E-state index in [0.717, 1.165) is 14.8 Å². The molecular formula is C22H22N4O3S2. The number of anilines is 1. The number of pyridine rings is 1. The summed E-state index contributed by atoms with van der Waals surface area (Å²) in [4.78, 5) is 17.6. The first-order chi connectivity index (χ1) is 14.9. The van der Waals surface area contributed by atoms with Gasteiger partial charge in [-0.25, -0.2) is 13.8 Å². The molecule has 1 N–H and O–H groups in total. The van der Waals surface area contributed by atoms with Gasteiger partial charge in [0, 0.05) is 11.1 Å². The number of sulfonamides is 1. The van der Waals surface area contributed by atoms with Crippen LogP contribution in [0.3, 0.4) is 0 Å². The summed E-state index contributed by atoms with van der Waals surface area (Å²) in [6, 6.07) is 18.8. The van der Waals surface area contributed by atoms with E-state index in [-0.39, 0.29) is 4.90 Å². The number of nitrogens with zero attached hydrogens (tertiary/aromatic N) is 3. The van der Waals surface area contributed by atoms with Crippen molar-refractivity contribution in [3.8, 4) is 0 Å². The van der Waals surface area contributed by atoms with Crippen LogP contribution in [0.4, 0.5) is 5.69 Å².